The molecule has 1 N–H and O–H groups in total. The topological polar surface area (TPSA) is 107 Å². The highest BCUT2D eigenvalue weighted by molar-refractivity contribution is 6.29. The molecule has 0 saturated heterocycles. The third-order valence-electron chi connectivity index (χ3n) is 2.62. The second kappa shape index (κ2) is 6.31. The van der Waals surface area contributed by atoms with Crippen molar-refractivity contribution in [3.05, 3.63) is 41.7 Å². The van der Waals surface area contributed by atoms with Gasteiger partial charge in [-0.05, 0) is 12.1 Å². The van der Waals surface area contributed by atoms with E-state index in [9.17, 15) is 4.79 Å². The number of ether oxygens (including phenoxy) is 1. The van der Waals surface area contributed by atoms with Crippen molar-refractivity contribution in [3.63, 3.8) is 0 Å². The summed E-state index contributed by atoms with van der Waals surface area (Å²) in [6.07, 6.45) is 4.36. The van der Waals surface area contributed by atoms with E-state index in [1.165, 1.54) is 12.4 Å². The van der Waals surface area contributed by atoms with Crippen molar-refractivity contribution in [3.8, 4) is 5.88 Å². The second-order valence-corrected chi connectivity index (χ2v) is 4.54. The fourth-order valence-corrected chi connectivity index (χ4v) is 1.80. The van der Waals surface area contributed by atoms with Crippen LogP contribution in [0.4, 0.5) is 0 Å². The Morgan fingerprint density at radius 3 is 3.14 bits per heavy atom. The van der Waals surface area contributed by atoms with Gasteiger partial charge in [0.1, 0.15) is 0 Å². The van der Waals surface area contributed by atoms with Crippen LogP contribution in [0.5, 0.6) is 5.88 Å². The number of rotatable bonds is 5. The molecule has 9 nitrogen and oxygen atoms in total. The summed E-state index contributed by atoms with van der Waals surface area (Å²) in [5.74, 6) is 0.359. The molecule has 3 heterocycles. The number of amides is 1. The molecular weight excluding hydrogens is 310 g/mol. The van der Waals surface area contributed by atoms with Crippen LogP contribution in [0.3, 0.4) is 0 Å². The van der Waals surface area contributed by atoms with Gasteiger partial charge in [-0.15, -0.1) is 10.2 Å². The van der Waals surface area contributed by atoms with Gasteiger partial charge in [0.25, 0.3) is 5.91 Å². The van der Waals surface area contributed by atoms with Gasteiger partial charge in [-0.25, -0.2) is 0 Å². The van der Waals surface area contributed by atoms with Crippen LogP contribution in [-0.2, 0) is 11.3 Å². The van der Waals surface area contributed by atoms with Crippen molar-refractivity contribution in [2.45, 2.75) is 6.54 Å². The molecule has 0 aliphatic heterocycles. The zero-order chi connectivity index (χ0) is 15.4. The Balaban J connectivity index is 1.54. The smallest absolute Gasteiger partial charge is 0.258 e. The Morgan fingerprint density at radius 2 is 2.27 bits per heavy atom. The predicted molar refractivity (Wildman–Crippen MR) is 75.2 cm³/mol. The number of aromatic nitrogens is 6. The molecule has 1 amide bonds. The molecule has 0 radical (unpaired) electrons. The minimum Gasteiger partial charge on any atom is -0.466 e. The van der Waals surface area contributed by atoms with Crippen LogP contribution in [0.25, 0.3) is 5.65 Å². The summed E-state index contributed by atoms with van der Waals surface area (Å²) in [6, 6.07) is 3.53. The van der Waals surface area contributed by atoms with Gasteiger partial charge in [0, 0.05) is 6.20 Å². The standard InChI is InChI=1S/C12H10ClN7O2/c13-8-4-14-6-12(17-8)22-7-11(21)15-5-10-19-18-9-2-1-3-16-20(9)10/h1-4,6H,5,7H2,(H,15,21). The van der Waals surface area contributed by atoms with E-state index in [4.69, 9.17) is 16.3 Å². The summed E-state index contributed by atoms with van der Waals surface area (Å²) in [5, 5.41) is 14.8. The first-order valence-corrected chi connectivity index (χ1v) is 6.62. The number of halogens is 1. The minimum atomic E-state index is -0.338. The summed E-state index contributed by atoms with van der Waals surface area (Å²) in [5.41, 5.74) is 0.609. The first-order chi connectivity index (χ1) is 10.7. The normalized spacial score (nSPS) is 10.6. The highest BCUT2D eigenvalue weighted by Crippen LogP contribution is 2.08. The summed E-state index contributed by atoms with van der Waals surface area (Å²) in [6.45, 7) is -0.0270. The Morgan fingerprint density at radius 1 is 1.36 bits per heavy atom. The van der Waals surface area contributed by atoms with Crippen LogP contribution in [0.15, 0.2) is 30.7 Å². The summed E-state index contributed by atoms with van der Waals surface area (Å²) < 4.78 is 6.72. The van der Waals surface area contributed by atoms with Crippen LogP contribution < -0.4 is 10.1 Å². The number of hydrogen-bond acceptors (Lipinski definition) is 7. The molecule has 3 aromatic rings. The summed E-state index contributed by atoms with van der Waals surface area (Å²) in [7, 11) is 0. The largest absolute Gasteiger partial charge is 0.466 e. The van der Waals surface area contributed by atoms with Gasteiger partial charge in [-0.1, -0.05) is 11.6 Å². The maximum atomic E-state index is 11.7. The highest BCUT2D eigenvalue weighted by atomic mass is 35.5. The van der Waals surface area contributed by atoms with E-state index >= 15 is 0 Å². The monoisotopic (exact) mass is 319 g/mol. The van der Waals surface area contributed by atoms with Crippen LogP contribution in [0.2, 0.25) is 5.15 Å². The quantitative estimate of drug-likeness (QED) is 0.718. The van der Waals surface area contributed by atoms with Crippen molar-refractivity contribution in [1.82, 2.24) is 35.1 Å². The lowest BCUT2D eigenvalue weighted by molar-refractivity contribution is -0.123. The number of nitrogens with one attached hydrogen (secondary N) is 1. The summed E-state index contributed by atoms with van der Waals surface area (Å²) >= 11 is 5.67. The van der Waals surface area contributed by atoms with E-state index in [-0.39, 0.29) is 30.1 Å². The molecule has 0 bridgehead atoms. The Hall–Kier alpha value is -2.81. The molecule has 3 rings (SSSR count). The van der Waals surface area contributed by atoms with E-state index in [1.54, 1.807) is 22.8 Å². The van der Waals surface area contributed by atoms with Gasteiger partial charge in [-0.2, -0.15) is 14.6 Å². The lowest BCUT2D eigenvalue weighted by Gasteiger charge is -2.05. The van der Waals surface area contributed by atoms with Gasteiger partial charge >= 0.3 is 0 Å². The molecule has 0 aromatic carbocycles. The lowest BCUT2D eigenvalue weighted by atomic mass is 10.5. The molecule has 0 aliphatic rings. The molecule has 10 heteroatoms. The lowest BCUT2D eigenvalue weighted by Crippen LogP contribution is -2.29. The third-order valence-corrected chi connectivity index (χ3v) is 2.80. The number of nitrogens with zero attached hydrogens (tertiary/aromatic N) is 6. The Kier molecular flexibility index (Phi) is 4.05. The van der Waals surface area contributed by atoms with E-state index in [0.29, 0.717) is 11.5 Å². The molecule has 0 aliphatic carbocycles. The Bertz CT molecular complexity index is 807. The molecular formula is C12H10ClN7O2. The second-order valence-electron chi connectivity index (χ2n) is 4.16. The SMILES string of the molecule is O=C(COc1cncc(Cl)n1)NCc1nnc2cccnn12. The van der Waals surface area contributed by atoms with Gasteiger partial charge < -0.3 is 10.1 Å². The van der Waals surface area contributed by atoms with Crippen molar-refractivity contribution in [2.75, 3.05) is 6.61 Å². The van der Waals surface area contributed by atoms with E-state index < -0.39 is 0 Å². The van der Waals surface area contributed by atoms with Crippen molar-refractivity contribution in [2.24, 2.45) is 0 Å². The van der Waals surface area contributed by atoms with E-state index in [1.807, 2.05) is 0 Å². The number of carbonyl (C=O) groups excluding carboxylic acids is 1. The van der Waals surface area contributed by atoms with Gasteiger partial charge in [0.2, 0.25) is 5.88 Å². The molecule has 0 fully saturated rings. The molecule has 0 saturated carbocycles. The molecule has 0 atom stereocenters. The first-order valence-electron chi connectivity index (χ1n) is 6.25. The predicted octanol–water partition coefficient (Wildman–Crippen LogP) is 0.263. The Labute approximate surface area is 129 Å². The minimum absolute atomic E-state index is 0.178. The highest BCUT2D eigenvalue weighted by Gasteiger charge is 2.09. The van der Waals surface area contributed by atoms with E-state index in [2.05, 4.69) is 30.6 Å². The molecule has 0 unspecified atom stereocenters. The maximum absolute atomic E-state index is 11.7. The van der Waals surface area contributed by atoms with Gasteiger partial charge in [0.15, 0.2) is 23.2 Å². The van der Waals surface area contributed by atoms with Crippen LogP contribution in [0.1, 0.15) is 5.82 Å². The average Bonchev–Trinajstić information content (AvgIpc) is 2.94. The van der Waals surface area contributed by atoms with Gasteiger partial charge in [0.05, 0.1) is 18.9 Å². The first kappa shape index (κ1) is 14.1. The fraction of sp³-hybridized carbons (Fsp3) is 0.167. The number of carbonyl (C=O) groups is 1. The number of hydrogen-bond donors (Lipinski definition) is 1. The number of fused-ring (bicyclic) bond motifs is 1. The van der Waals surface area contributed by atoms with Gasteiger partial charge in [-0.3, -0.25) is 9.78 Å². The third kappa shape index (κ3) is 3.26. The molecule has 112 valence electrons. The molecule has 3 aromatic heterocycles. The van der Waals surface area contributed by atoms with E-state index in [0.717, 1.165) is 0 Å². The summed E-state index contributed by atoms with van der Waals surface area (Å²) in [4.78, 5) is 19.4. The van der Waals surface area contributed by atoms with Crippen LogP contribution in [-0.4, -0.2) is 42.3 Å². The molecule has 0 spiro atoms. The van der Waals surface area contributed by atoms with Crippen LogP contribution >= 0.6 is 11.6 Å². The zero-order valence-electron chi connectivity index (χ0n) is 11.2. The fourth-order valence-electron chi connectivity index (χ4n) is 1.66. The zero-order valence-corrected chi connectivity index (χ0v) is 11.9. The van der Waals surface area contributed by atoms with Crippen molar-refractivity contribution in [1.29, 1.82) is 0 Å². The average molecular weight is 320 g/mol. The van der Waals surface area contributed by atoms with Crippen LogP contribution in [0, 0.1) is 0 Å². The maximum Gasteiger partial charge on any atom is 0.258 e. The molecule has 22 heavy (non-hydrogen) atoms. The van der Waals surface area contributed by atoms with Crippen molar-refractivity contribution >= 4 is 23.2 Å². The van der Waals surface area contributed by atoms with Crippen molar-refractivity contribution < 1.29 is 9.53 Å².